The Morgan fingerprint density at radius 1 is 0.909 bits per heavy atom. The van der Waals surface area contributed by atoms with Gasteiger partial charge in [0.2, 0.25) is 11.8 Å². The van der Waals surface area contributed by atoms with Crippen LogP contribution in [0.5, 0.6) is 0 Å². The molecule has 5 atom stereocenters. The molecule has 0 aliphatic carbocycles. The summed E-state index contributed by atoms with van der Waals surface area (Å²) in [7, 11) is 0. The van der Waals surface area contributed by atoms with Gasteiger partial charge in [0.15, 0.2) is 6.10 Å². The molecule has 3 N–H and O–H groups in total. The third-order valence-corrected chi connectivity index (χ3v) is 6.16. The van der Waals surface area contributed by atoms with Crippen LogP contribution in [-0.2, 0) is 30.5 Å². The van der Waals surface area contributed by atoms with Gasteiger partial charge in [-0.25, -0.2) is 0 Å². The van der Waals surface area contributed by atoms with Gasteiger partial charge in [0, 0.05) is 6.54 Å². The summed E-state index contributed by atoms with van der Waals surface area (Å²) in [5.74, 6) is -2.49. The van der Waals surface area contributed by atoms with E-state index in [1.807, 2.05) is 71.9 Å². The van der Waals surface area contributed by atoms with Crippen LogP contribution in [-0.4, -0.2) is 41.9 Å². The standard InChI is InChI=1S/C25H37N3O5/c1-7-16(6)18-21(33-25(18)32)24(31)28-20(15(4)5)23(30)27-19(14(2)3)22(29)26-13-17-11-9-8-10-12-17/h8-12,14-16,18-21H,7,13H2,1-6H3,(H,26,29)(H,27,30)(H,28,31)/t16-,18?,19?,20?,21?/m0/s1. The van der Waals surface area contributed by atoms with E-state index in [9.17, 15) is 19.2 Å². The molecule has 33 heavy (non-hydrogen) atoms. The number of ether oxygens (including phenoxy) is 1. The topological polar surface area (TPSA) is 114 Å². The Kier molecular flexibility index (Phi) is 9.44. The van der Waals surface area contributed by atoms with E-state index in [1.165, 1.54) is 0 Å². The maximum atomic E-state index is 13.1. The highest BCUT2D eigenvalue weighted by Crippen LogP contribution is 2.31. The summed E-state index contributed by atoms with van der Waals surface area (Å²) in [5, 5.41) is 8.39. The molecule has 3 amide bonds. The summed E-state index contributed by atoms with van der Waals surface area (Å²) < 4.78 is 5.08. The molecule has 0 radical (unpaired) electrons. The van der Waals surface area contributed by atoms with Gasteiger partial charge in [-0.05, 0) is 23.3 Å². The van der Waals surface area contributed by atoms with Crippen LogP contribution < -0.4 is 16.0 Å². The Bertz CT molecular complexity index is 840. The van der Waals surface area contributed by atoms with Crippen LogP contribution >= 0.6 is 0 Å². The Morgan fingerprint density at radius 2 is 1.48 bits per heavy atom. The van der Waals surface area contributed by atoms with Crippen molar-refractivity contribution in [2.24, 2.45) is 23.7 Å². The number of rotatable bonds is 11. The molecule has 8 heteroatoms. The number of hydrogen-bond acceptors (Lipinski definition) is 5. The first-order valence-electron chi connectivity index (χ1n) is 11.7. The van der Waals surface area contributed by atoms with Crippen molar-refractivity contribution in [1.29, 1.82) is 0 Å². The fourth-order valence-corrected chi connectivity index (χ4v) is 3.77. The first kappa shape index (κ1) is 26.4. The molecule has 0 aromatic heterocycles. The summed E-state index contributed by atoms with van der Waals surface area (Å²) in [5.41, 5.74) is 0.956. The first-order chi connectivity index (χ1) is 15.6. The average Bonchev–Trinajstić information content (AvgIpc) is 2.77. The van der Waals surface area contributed by atoms with E-state index in [-0.39, 0.29) is 29.6 Å². The molecule has 1 saturated heterocycles. The molecule has 0 saturated carbocycles. The second kappa shape index (κ2) is 11.8. The summed E-state index contributed by atoms with van der Waals surface area (Å²) in [6.45, 7) is 11.5. The molecule has 0 bridgehead atoms. The molecular weight excluding hydrogens is 422 g/mol. The van der Waals surface area contributed by atoms with Crippen molar-refractivity contribution in [3.05, 3.63) is 35.9 Å². The Hall–Kier alpha value is -2.90. The first-order valence-corrected chi connectivity index (χ1v) is 11.7. The molecule has 1 aromatic rings. The number of amides is 3. The smallest absolute Gasteiger partial charge is 0.314 e. The summed E-state index contributed by atoms with van der Waals surface area (Å²) in [6.07, 6.45) is -0.150. The number of esters is 1. The molecule has 1 fully saturated rings. The van der Waals surface area contributed by atoms with Gasteiger partial charge in [-0.1, -0.05) is 78.3 Å². The number of carbonyl (C=O) groups excluding carboxylic acids is 4. The van der Waals surface area contributed by atoms with E-state index >= 15 is 0 Å². The highest BCUT2D eigenvalue weighted by molar-refractivity contribution is 5.97. The van der Waals surface area contributed by atoms with Gasteiger partial charge in [0.05, 0.1) is 0 Å². The lowest BCUT2D eigenvalue weighted by molar-refractivity contribution is -0.193. The van der Waals surface area contributed by atoms with Crippen LogP contribution in [0.25, 0.3) is 0 Å². The van der Waals surface area contributed by atoms with E-state index in [2.05, 4.69) is 16.0 Å². The normalized spacial score (nSPS) is 20.3. The van der Waals surface area contributed by atoms with E-state index in [0.717, 1.165) is 12.0 Å². The van der Waals surface area contributed by atoms with Gasteiger partial charge in [0.25, 0.3) is 5.91 Å². The van der Waals surface area contributed by atoms with Gasteiger partial charge in [-0.15, -0.1) is 0 Å². The van der Waals surface area contributed by atoms with Gasteiger partial charge in [-0.2, -0.15) is 0 Å². The SMILES string of the molecule is CC[C@H](C)C1C(=O)OC1C(=O)NC(C(=O)NC(C(=O)NCc1ccccc1)C(C)C)C(C)C. The van der Waals surface area contributed by atoms with Crippen molar-refractivity contribution in [2.75, 3.05) is 0 Å². The van der Waals surface area contributed by atoms with Crippen LogP contribution in [0.1, 0.15) is 53.5 Å². The fourth-order valence-electron chi connectivity index (χ4n) is 3.77. The Morgan fingerprint density at radius 3 is 2.00 bits per heavy atom. The molecule has 1 aliphatic heterocycles. The van der Waals surface area contributed by atoms with E-state index in [0.29, 0.717) is 6.54 Å². The predicted molar refractivity (Wildman–Crippen MR) is 125 cm³/mol. The zero-order valence-corrected chi connectivity index (χ0v) is 20.4. The lowest BCUT2D eigenvalue weighted by Crippen LogP contribution is -2.61. The third-order valence-electron chi connectivity index (χ3n) is 6.16. The molecule has 1 heterocycles. The van der Waals surface area contributed by atoms with E-state index in [4.69, 9.17) is 4.74 Å². The highest BCUT2D eigenvalue weighted by atomic mass is 16.6. The van der Waals surface area contributed by atoms with Gasteiger partial charge in [-0.3, -0.25) is 19.2 Å². The zero-order valence-electron chi connectivity index (χ0n) is 20.4. The molecule has 1 aromatic carbocycles. The van der Waals surface area contributed by atoms with Crippen molar-refractivity contribution >= 4 is 23.7 Å². The minimum absolute atomic E-state index is 0.00644. The molecule has 2 rings (SSSR count). The molecule has 1 aliphatic rings. The Labute approximate surface area is 196 Å². The van der Waals surface area contributed by atoms with Crippen LogP contribution in [0, 0.1) is 23.7 Å². The molecule has 182 valence electrons. The van der Waals surface area contributed by atoms with E-state index in [1.54, 1.807) is 0 Å². The van der Waals surface area contributed by atoms with Gasteiger partial charge < -0.3 is 20.7 Å². The monoisotopic (exact) mass is 459 g/mol. The number of cyclic esters (lactones) is 1. The average molecular weight is 460 g/mol. The third kappa shape index (κ3) is 6.79. The van der Waals surface area contributed by atoms with E-state index < -0.39 is 35.9 Å². The number of nitrogens with one attached hydrogen (secondary N) is 3. The summed E-state index contributed by atoms with van der Waals surface area (Å²) >= 11 is 0. The van der Waals surface area contributed by atoms with Crippen LogP contribution in [0.2, 0.25) is 0 Å². The summed E-state index contributed by atoms with van der Waals surface area (Å²) in [6, 6.07) is 7.89. The maximum absolute atomic E-state index is 13.1. The molecule has 8 nitrogen and oxygen atoms in total. The van der Waals surface area contributed by atoms with Gasteiger partial charge in [0.1, 0.15) is 18.0 Å². The molecule has 4 unspecified atom stereocenters. The maximum Gasteiger partial charge on any atom is 0.314 e. The molecule has 0 spiro atoms. The van der Waals surface area contributed by atoms with Crippen molar-refractivity contribution in [2.45, 2.75) is 72.7 Å². The van der Waals surface area contributed by atoms with Crippen molar-refractivity contribution in [3.8, 4) is 0 Å². The second-order valence-electron chi connectivity index (χ2n) is 9.43. The van der Waals surface area contributed by atoms with Crippen LogP contribution in [0.15, 0.2) is 30.3 Å². The predicted octanol–water partition coefficient (Wildman–Crippen LogP) is 2.17. The Balaban J connectivity index is 2.02. The van der Waals surface area contributed by atoms with Crippen molar-refractivity contribution < 1.29 is 23.9 Å². The second-order valence-corrected chi connectivity index (χ2v) is 9.43. The minimum Gasteiger partial charge on any atom is -0.451 e. The fraction of sp³-hybridized carbons (Fsp3) is 0.600. The van der Waals surface area contributed by atoms with Crippen molar-refractivity contribution in [3.63, 3.8) is 0 Å². The van der Waals surface area contributed by atoms with Crippen LogP contribution in [0.3, 0.4) is 0 Å². The summed E-state index contributed by atoms with van der Waals surface area (Å²) in [4.78, 5) is 50.5. The quantitative estimate of drug-likeness (QED) is 0.439. The van der Waals surface area contributed by atoms with Crippen LogP contribution in [0.4, 0.5) is 0 Å². The zero-order chi connectivity index (χ0) is 24.7. The van der Waals surface area contributed by atoms with Gasteiger partial charge >= 0.3 is 5.97 Å². The number of benzene rings is 1. The lowest BCUT2D eigenvalue weighted by atomic mass is 9.82. The number of carbonyl (C=O) groups is 4. The molecular formula is C25H37N3O5. The lowest BCUT2D eigenvalue weighted by Gasteiger charge is -2.38. The van der Waals surface area contributed by atoms with Crippen molar-refractivity contribution in [1.82, 2.24) is 16.0 Å². The largest absolute Gasteiger partial charge is 0.451 e. The minimum atomic E-state index is -0.892. The number of hydrogen-bond donors (Lipinski definition) is 3. The highest BCUT2D eigenvalue weighted by Gasteiger charge is 2.50.